The maximum Gasteiger partial charge on any atom is 0.529 e. The molecule has 7 heteroatoms. The quantitative estimate of drug-likeness (QED) is 0.273. The Kier molecular flexibility index (Phi) is 9.09. The first kappa shape index (κ1) is 16.0. The number of rotatable bonds is 9. The van der Waals surface area contributed by atoms with Crippen molar-refractivity contribution in [1.29, 1.82) is 0 Å². The van der Waals surface area contributed by atoms with Crippen molar-refractivity contribution in [3.05, 3.63) is 23.4 Å². The van der Waals surface area contributed by atoms with E-state index in [-0.39, 0.29) is 17.7 Å². The summed E-state index contributed by atoms with van der Waals surface area (Å²) in [6.45, 7) is 5.74. The fourth-order valence-electron chi connectivity index (χ4n) is 0.667. The van der Waals surface area contributed by atoms with Gasteiger partial charge in [-0.1, -0.05) is 42.6 Å². The monoisotopic (exact) mass is 288 g/mol. The van der Waals surface area contributed by atoms with Crippen molar-refractivity contribution in [3.8, 4) is 0 Å². The summed E-state index contributed by atoms with van der Waals surface area (Å²) >= 11 is 10.7. The van der Waals surface area contributed by atoms with Crippen LogP contribution >= 0.6 is 31.0 Å². The van der Waals surface area contributed by atoms with Gasteiger partial charge in [0.05, 0.1) is 13.2 Å². The molecule has 0 aromatic rings. The highest BCUT2D eigenvalue weighted by molar-refractivity contribution is 7.48. The third-order valence-electron chi connectivity index (χ3n) is 1.37. The molecule has 0 spiro atoms. The van der Waals surface area contributed by atoms with E-state index in [9.17, 15) is 4.57 Å². The molecule has 0 aliphatic carbocycles. The molecule has 4 nitrogen and oxygen atoms in total. The highest BCUT2D eigenvalue weighted by Crippen LogP contribution is 2.50. The highest BCUT2D eigenvalue weighted by atomic mass is 35.5. The largest absolute Gasteiger partial charge is 0.529 e. The van der Waals surface area contributed by atoms with E-state index in [2.05, 4.69) is 6.58 Å². The van der Waals surface area contributed by atoms with Gasteiger partial charge in [-0.2, -0.15) is 0 Å². The predicted molar refractivity (Wildman–Crippen MR) is 65.5 cm³/mol. The average molecular weight is 289 g/mol. The third-order valence-corrected chi connectivity index (χ3v) is 2.87. The second-order valence-electron chi connectivity index (χ2n) is 2.73. The first-order valence-corrected chi connectivity index (χ1v) is 6.95. The fourth-order valence-corrected chi connectivity index (χ4v) is 1.95. The van der Waals surface area contributed by atoms with Crippen molar-refractivity contribution < 1.29 is 18.1 Å². The van der Waals surface area contributed by atoms with E-state index in [0.29, 0.717) is 0 Å². The van der Waals surface area contributed by atoms with Gasteiger partial charge in [0.1, 0.15) is 10.8 Å². The van der Waals surface area contributed by atoms with Crippen LogP contribution in [0.2, 0.25) is 0 Å². The Morgan fingerprint density at radius 2 is 2.12 bits per heavy atom. The molecule has 0 N–H and O–H groups in total. The second kappa shape index (κ2) is 9.08. The zero-order valence-electron chi connectivity index (χ0n) is 9.03. The van der Waals surface area contributed by atoms with Crippen LogP contribution in [0.3, 0.4) is 0 Å². The van der Waals surface area contributed by atoms with Crippen molar-refractivity contribution in [1.82, 2.24) is 0 Å². The third kappa shape index (κ3) is 8.20. The van der Waals surface area contributed by atoms with E-state index >= 15 is 0 Å². The maximum absolute atomic E-state index is 11.9. The van der Waals surface area contributed by atoms with Crippen LogP contribution in [0.15, 0.2) is 23.4 Å². The summed E-state index contributed by atoms with van der Waals surface area (Å²) in [5, 5.41) is 0. The topological polar surface area (TPSA) is 44.8 Å². The van der Waals surface area contributed by atoms with Gasteiger partial charge >= 0.3 is 7.82 Å². The Morgan fingerprint density at radius 1 is 1.44 bits per heavy atom. The first-order chi connectivity index (χ1) is 7.54. The Labute approximate surface area is 106 Å². The van der Waals surface area contributed by atoms with E-state index in [4.69, 9.17) is 36.8 Å². The minimum atomic E-state index is -3.64. The van der Waals surface area contributed by atoms with Crippen LogP contribution in [0.4, 0.5) is 0 Å². The van der Waals surface area contributed by atoms with Crippen LogP contribution in [0.1, 0.15) is 19.8 Å². The molecule has 0 fully saturated rings. The Morgan fingerprint density at radius 3 is 2.62 bits per heavy atom. The minimum Gasteiger partial charge on any atom is -0.409 e. The van der Waals surface area contributed by atoms with E-state index in [1.165, 1.54) is 6.08 Å². The van der Waals surface area contributed by atoms with Crippen LogP contribution in [0.5, 0.6) is 0 Å². The van der Waals surface area contributed by atoms with E-state index in [1.54, 1.807) is 0 Å². The summed E-state index contributed by atoms with van der Waals surface area (Å²) in [6.07, 6.45) is 4.01. The van der Waals surface area contributed by atoms with Gasteiger partial charge in [-0.05, 0) is 6.42 Å². The molecule has 0 aliphatic heterocycles. The molecule has 0 saturated carbocycles. The van der Waals surface area contributed by atoms with Crippen molar-refractivity contribution in [2.45, 2.75) is 19.8 Å². The zero-order valence-corrected chi connectivity index (χ0v) is 11.4. The lowest BCUT2D eigenvalue weighted by molar-refractivity contribution is 0.152. The number of halogens is 2. The lowest BCUT2D eigenvalue weighted by Gasteiger charge is -2.15. The summed E-state index contributed by atoms with van der Waals surface area (Å²) in [7, 11) is -3.64. The summed E-state index contributed by atoms with van der Waals surface area (Å²) in [4.78, 5) is 0. The molecule has 16 heavy (non-hydrogen) atoms. The summed E-state index contributed by atoms with van der Waals surface area (Å²) < 4.78 is 26.4. The van der Waals surface area contributed by atoms with E-state index < -0.39 is 7.82 Å². The number of hydrogen-bond donors (Lipinski definition) is 0. The van der Waals surface area contributed by atoms with Crippen molar-refractivity contribution in [2.24, 2.45) is 0 Å². The molecule has 94 valence electrons. The summed E-state index contributed by atoms with van der Waals surface area (Å²) in [6, 6.07) is 0. The molecule has 1 unspecified atom stereocenters. The zero-order chi connectivity index (χ0) is 12.4. The fraction of sp³-hybridized carbons (Fsp3) is 0.556. The highest BCUT2D eigenvalue weighted by Gasteiger charge is 2.26. The molecular weight excluding hydrogens is 274 g/mol. The van der Waals surface area contributed by atoms with Crippen molar-refractivity contribution in [3.63, 3.8) is 0 Å². The molecule has 0 aromatic heterocycles. The SMILES string of the molecule is C=CCOP(=O)(OC=C(Cl)Cl)OCCCC. The van der Waals surface area contributed by atoms with E-state index in [1.807, 2.05) is 6.92 Å². The van der Waals surface area contributed by atoms with Gasteiger partial charge < -0.3 is 4.52 Å². The van der Waals surface area contributed by atoms with Gasteiger partial charge in [-0.3, -0.25) is 9.05 Å². The number of unbranched alkanes of at least 4 members (excludes halogenated alkanes) is 1. The summed E-state index contributed by atoms with van der Waals surface area (Å²) in [5.41, 5.74) is 0. The normalized spacial score (nSPS) is 13.9. The lowest BCUT2D eigenvalue weighted by Crippen LogP contribution is -1.99. The second-order valence-corrected chi connectivity index (χ2v) is 5.36. The molecule has 0 radical (unpaired) electrons. The van der Waals surface area contributed by atoms with Gasteiger partial charge in [0.25, 0.3) is 0 Å². The standard InChI is InChI=1S/C9H15Cl2O4P/c1-3-5-7-14-16(12,13-6-4-2)15-8-9(10)11/h4,8H,2-3,5-7H2,1H3. The maximum atomic E-state index is 11.9. The number of hydrogen-bond acceptors (Lipinski definition) is 4. The Hall–Kier alpha value is 0.01000. The molecule has 1 atom stereocenters. The van der Waals surface area contributed by atoms with Gasteiger partial charge in [0.2, 0.25) is 0 Å². The molecule has 0 aliphatic rings. The Bertz CT molecular complexity index is 277. The van der Waals surface area contributed by atoms with Crippen LogP contribution < -0.4 is 0 Å². The van der Waals surface area contributed by atoms with Gasteiger partial charge in [0, 0.05) is 0 Å². The van der Waals surface area contributed by atoms with E-state index in [0.717, 1.165) is 19.1 Å². The molecule has 0 bridgehead atoms. The molecular formula is C9H15Cl2O4P. The van der Waals surface area contributed by atoms with Gasteiger partial charge in [-0.15, -0.1) is 6.58 Å². The van der Waals surface area contributed by atoms with Crippen molar-refractivity contribution >= 4 is 31.0 Å². The molecule has 0 heterocycles. The Balaban J connectivity index is 4.29. The van der Waals surface area contributed by atoms with Crippen LogP contribution in [-0.2, 0) is 18.1 Å². The van der Waals surface area contributed by atoms with Crippen molar-refractivity contribution in [2.75, 3.05) is 13.2 Å². The molecule has 0 aromatic carbocycles. The number of phosphoric acid groups is 1. The molecule has 0 amide bonds. The van der Waals surface area contributed by atoms with Crippen LogP contribution in [-0.4, -0.2) is 13.2 Å². The van der Waals surface area contributed by atoms with Crippen LogP contribution in [0.25, 0.3) is 0 Å². The lowest BCUT2D eigenvalue weighted by atomic mass is 10.4. The van der Waals surface area contributed by atoms with Gasteiger partial charge in [-0.25, -0.2) is 4.57 Å². The molecule has 0 rings (SSSR count). The van der Waals surface area contributed by atoms with Crippen LogP contribution in [0, 0.1) is 0 Å². The minimum absolute atomic E-state index is 0.0527. The predicted octanol–water partition coefficient (Wildman–Crippen LogP) is 4.41. The smallest absolute Gasteiger partial charge is 0.409 e. The summed E-state index contributed by atoms with van der Waals surface area (Å²) in [5.74, 6) is 0. The number of phosphoric ester groups is 1. The molecule has 0 saturated heterocycles. The first-order valence-electron chi connectivity index (χ1n) is 4.73. The van der Waals surface area contributed by atoms with Gasteiger partial charge in [0.15, 0.2) is 0 Å². The average Bonchev–Trinajstić information content (AvgIpc) is 2.24.